The number of hydrogen-bond donors (Lipinski definition) is 4. The van der Waals surface area contributed by atoms with Gasteiger partial charge in [0.2, 0.25) is 20.0 Å². The number of sulfonamides is 2. The Morgan fingerprint density at radius 2 is 1.09 bits per heavy atom. The molecule has 7 atom stereocenters. The van der Waals surface area contributed by atoms with Gasteiger partial charge in [-0.15, -0.1) is 0 Å². The van der Waals surface area contributed by atoms with Gasteiger partial charge in [-0.2, -0.15) is 8.61 Å². The number of methoxy groups -OCH3 is 2. The first-order valence-electron chi connectivity index (χ1n) is 30.6. The van der Waals surface area contributed by atoms with Crippen LogP contribution in [0.3, 0.4) is 0 Å². The molecule has 2 amide bonds. The highest BCUT2D eigenvalue weighted by Crippen LogP contribution is 2.35. The van der Waals surface area contributed by atoms with Gasteiger partial charge in [0.25, 0.3) is 0 Å². The minimum absolute atomic E-state index is 0.0522. The SMILES string of the molecule is COc1ccc(S(=O)(=O)N(C[C@@H](O)[C@H](Cc2ccccc2)NC(=O)OC(C)(C)C)CC(C)(C)CCCC2(C)OCCO2)cc1.COc1ccc(S(=O)(=O)N(C[C@@H](O)[C@H](Cc2ccccc2)NC(=O)O[C@H]2CO[C@H]3OCC[C@H]32)CC(C)(C)CCCC(C)=O)cc1. The fourth-order valence-electron chi connectivity index (χ4n) is 11.1. The Balaban J connectivity index is 0.000000284. The van der Waals surface area contributed by atoms with Gasteiger partial charge in [-0.25, -0.2) is 26.4 Å². The van der Waals surface area contributed by atoms with E-state index in [-0.39, 0.29) is 73.4 Å². The summed E-state index contributed by atoms with van der Waals surface area (Å²) in [6, 6.07) is 29.3. The van der Waals surface area contributed by atoms with Crippen LogP contribution in [0, 0.1) is 16.7 Å². The van der Waals surface area contributed by atoms with Crippen molar-refractivity contribution >= 4 is 38.0 Å². The molecular weight excluding hydrogens is 1180 g/mol. The predicted octanol–water partition coefficient (Wildman–Crippen LogP) is 9.07. The van der Waals surface area contributed by atoms with Crippen molar-refractivity contribution in [3.63, 3.8) is 0 Å². The van der Waals surface area contributed by atoms with E-state index in [9.17, 15) is 41.4 Å². The maximum absolute atomic E-state index is 14.1. The van der Waals surface area contributed by atoms with Crippen molar-refractivity contribution in [3.05, 3.63) is 120 Å². The molecule has 3 aliphatic heterocycles. The molecule has 7 rings (SSSR count). The Bertz CT molecular complexity index is 3070. The number of Topliss-reactive ketones (excluding diaryl/α,β-unsaturated/α-hetero) is 1. The molecule has 21 nitrogen and oxygen atoms in total. The van der Waals surface area contributed by atoms with E-state index in [1.807, 2.05) is 95.3 Å². The van der Waals surface area contributed by atoms with Crippen LogP contribution in [0.5, 0.6) is 11.5 Å². The molecule has 3 fully saturated rings. The average Bonchev–Trinajstić information content (AvgIpc) is 1.88. The zero-order chi connectivity index (χ0) is 65.2. The molecular formula is C66H96N4O17S2. The minimum atomic E-state index is -4.08. The van der Waals surface area contributed by atoms with E-state index < -0.39 is 84.8 Å². The number of alkyl carbamates (subject to hydrolysis) is 2. The molecule has 4 N–H and O–H groups in total. The van der Waals surface area contributed by atoms with Crippen molar-refractivity contribution in [2.45, 2.75) is 178 Å². The van der Waals surface area contributed by atoms with Crippen molar-refractivity contribution in [1.29, 1.82) is 0 Å². The number of rotatable bonds is 31. The number of ether oxygens (including phenoxy) is 8. The summed E-state index contributed by atoms with van der Waals surface area (Å²) >= 11 is 0. The fourth-order valence-corrected chi connectivity index (χ4v) is 14.4. The van der Waals surface area contributed by atoms with Crippen LogP contribution in [0.1, 0.15) is 118 Å². The summed E-state index contributed by atoms with van der Waals surface area (Å²) in [4.78, 5) is 37.6. The minimum Gasteiger partial charge on any atom is -0.497 e. The summed E-state index contributed by atoms with van der Waals surface area (Å²) in [6.07, 6.45) is 0.204. The highest BCUT2D eigenvalue weighted by molar-refractivity contribution is 7.89. The maximum Gasteiger partial charge on any atom is 0.407 e. The molecule has 4 aromatic carbocycles. The van der Waals surface area contributed by atoms with Crippen molar-refractivity contribution in [1.82, 2.24) is 19.2 Å². The van der Waals surface area contributed by atoms with Gasteiger partial charge < -0.3 is 63.5 Å². The van der Waals surface area contributed by atoms with Crippen molar-refractivity contribution < 1.29 is 79.3 Å². The Labute approximate surface area is 527 Å². The van der Waals surface area contributed by atoms with Crippen molar-refractivity contribution in [2.24, 2.45) is 16.7 Å². The van der Waals surface area contributed by atoms with Crippen LogP contribution in [0.15, 0.2) is 119 Å². The summed E-state index contributed by atoms with van der Waals surface area (Å²) in [6.45, 7) is 18.2. The largest absolute Gasteiger partial charge is 0.497 e. The summed E-state index contributed by atoms with van der Waals surface area (Å²) in [5.74, 6) is 0.442. The predicted molar refractivity (Wildman–Crippen MR) is 336 cm³/mol. The van der Waals surface area contributed by atoms with Crippen LogP contribution >= 0.6 is 0 Å². The molecule has 0 bridgehead atoms. The summed E-state index contributed by atoms with van der Waals surface area (Å²) in [7, 11) is -5.11. The second kappa shape index (κ2) is 32.5. The first-order chi connectivity index (χ1) is 41.9. The van der Waals surface area contributed by atoms with Crippen LogP contribution in [-0.2, 0) is 66.1 Å². The van der Waals surface area contributed by atoms with E-state index in [2.05, 4.69) is 10.6 Å². The summed E-state index contributed by atoms with van der Waals surface area (Å²) in [5, 5.41) is 28.9. The summed E-state index contributed by atoms with van der Waals surface area (Å²) < 4.78 is 103. The zero-order valence-electron chi connectivity index (χ0n) is 53.7. The van der Waals surface area contributed by atoms with E-state index in [1.165, 1.54) is 54.0 Å². The number of carbonyl (C=O) groups is 3. The van der Waals surface area contributed by atoms with Crippen LogP contribution in [0.4, 0.5) is 9.59 Å². The van der Waals surface area contributed by atoms with Gasteiger partial charge in [0.05, 0.1) is 80.6 Å². The normalized spacial score (nSPS) is 19.1. The molecule has 89 heavy (non-hydrogen) atoms. The lowest BCUT2D eigenvalue weighted by Gasteiger charge is -2.35. The first-order valence-corrected chi connectivity index (χ1v) is 33.5. The third kappa shape index (κ3) is 22.9. The molecule has 0 radical (unpaired) electrons. The van der Waals surface area contributed by atoms with Crippen LogP contribution in [0.25, 0.3) is 0 Å². The Kier molecular flexibility index (Phi) is 26.4. The van der Waals surface area contributed by atoms with Gasteiger partial charge in [0, 0.05) is 39.0 Å². The molecule has 3 heterocycles. The maximum atomic E-state index is 14.1. The molecule has 0 aromatic heterocycles. The van der Waals surface area contributed by atoms with Crippen molar-refractivity contribution in [3.8, 4) is 11.5 Å². The Morgan fingerprint density at radius 3 is 1.53 bits per heavy atom. The Hall–Kier alpha value is -5.73. The third-order valence-corrected chi connectivity index (χ3v) is 19.6. The standard InChI is InChI=1S/C33H46N2O9S.C33H50N2O8S/c1-23(36)9-8-17-33(2,3)22-35(45(39,40)26-14-12-25(41-4)13-15-26)20-29(37)28(19-24-10-6-5-7-11-24)34-32(38)44-30-21-43-31-27(30)16-18-42-31;1-31(2,3)43-30(37)34-28(22-25-12-9-8-10-13-25)29(36)23-35(44(38,39)27-16-14-26(40-7)15-17-27)24-32(4,5)18-11-19-33(6)41-20-21-42-33/h5-7,10-15,27-31,37H,8-9,16-22H2,1-4H3,(H,34,38);8-10,12-17,28-29,36H,11,18-24H2,1-7H3,(H,34,37)/t27-,28-,29+,30-,31+;28-,29+/m00/s1. The number of benzene rings is 4. The van der Waals surface area contributed by atoms with Gasteiger partial charge >= 0.3 is 12.2 Å². The topological polar surface area (TPSA) is 264 Å². The quantitative estimate of drug-likeness (QED) is 0.0366. The van der Waals surface area contributed by atoms with E-state index in [1.54, 1.807) is 45.0 Å². The zero-order valence-corrected chi connectivity index (χ0v) is 55.3. The number of amides is 2. The van der Waals surface area contributed by atoms with Crippen LogP contribution in [0.2, 0.25) is 0 Å². The van der Waals surface area contributed by atoms with Gasteiger partial charge in [0.15, 0.2) is 12.1 Å². The smallest absolute Gasteiger partial charge is 0.407 e. The number of ketones is 1. The number of carbonyl (C=O) groups excluding carboxylic acids is 3. The van der Waals surface area contributed by atoms with Gasteiger partial charge in [-0.1, -0.05) is 88.4 Å². The number of aliphatic hydroxyl groups is 2. The molecule has 3 aliphatic rings. The third-order valence-electron chi connectivity index (χ3n) is 15.9. The van der Waals surface area contributed by atoms with E-state index >= 15 is 0 Å². The second-order valence-electron chi connectivity index (χ2n) is 26.0. The van der Waals surface area contributed by atoms with Gasteiger partial charge in [-0.3, -0.25) is 0 Å². The highest BCUT2D eigenvalue weighted by atomic mass is 32.2. The number of aliphatic hydroxyl groups excluding tert-OH is 2. The van der Waals surface area contributed by atoms with E-state index in [0.29, 0.717) is 63.4 Å². The number of nitrogens with one attached hydrogen (secondary N) is 2. The monoisotopic (exact) mass is 1280 g/mol. The van der Waals surface area contributed by atoms with Gasteiger partial charge in [0.1, 0.15) is 29.0 Å². The molecule has 494 valence electrons. The number of nitrogens with zero attached hydrogens (tertiary/aromatic N) is 2. The molecule has 4 aromatic rings. The second-order valence-corrected chi connectivity index (χ2v) is 29.9. The number of fused-ring (bicyclic) bond motifs is 1. The molecule has 0 saturated carbocycles. The average molecular weight is 1280 g/mol. The van der Waals surface area contributed by atoms with E-state index in [0.717, 1.165) is 24.0 Å². The molecule has 0 aliphatic carbocycles. The lowest BCUT2D eigenvalue weighted by Crippen LogP contribution is -2.52. The molecule has 23 heteroatoms. The fraction of sp³-hybridized carbons (Fsp3) is 0.591. The van der Waals surface area contributed by atoms with Crippen LogP contribution in [-0.4, -0.2) is 169 Å². The lowest BCUT2D eigenvalue weighted by molar-refractivity contribution is -0.148. The highest BCUT2D eigenvalue weighted by Gasteiger charge is 2.45. The first kappa shape index (κ1) is 72.3. The Morgan fingerprint density at radius 1 is 0.640 bits per heavy atom. The number of hydrogen-bond acceptors (Lipinski definition) is 17. The molecule has 0 unspecified atom stereocenters. The van der Waals surface area contributed by atoms with E-state index in [4.69, 9.17) is 37.9 Å². The van der Waals surface area contributed by atoms with Gasteiger partial charge in [-0.05, 0) is 150 Å². The van der Waals surface area contributed by atoms with Crippen LogP contribution < -0.4 is 20.1 Å². The summed E-state index contributed by atoms with van der Waals surface area (Å²) in [5.41, 5.74) is 0.0121. The molecule has 3 saturated heterocycles. The lowest BCUT2D eigenvalue weighted by atomic mass is 9.86. The molecule has 0 spiro atoms. The van der Waals surface area contributed by atoms with Crippen molar-refractivity contribution in [2.75, 3.05) is 66.8 Å².